The summed E-state index contributed by atoms with van der Waals surface area (Å²) < 4.78 is 26.3. The molecular weight excluding hydrogens is 639 g/mol. The Balaban J connectivity index is 3.78. The maximum Gasteiger partial charge on any atom is 0.469 e. The zero-order chi connectivity index (χ0) is 36.3. The molecule has 8 nitrogen and oxygen atoms in total. The van der Waals surface area contributed by atoms with E-state index in [9.17, 15) is 14.2 Å². The molecule has 0 aliphatic heterocycles. The number of hydrogen-bond acceptors (Lipinski definition) is 6. The van der Waals surface area contributed by atoms with Crippen molar-refractivity contribution in [2.45, 2.75) is 226 Å². The topological polar surface area (TPSA) is 119 Å². The van der Waals surface area contributed by atoms with Crippen molar-refractivity contribution in [2.24, 2.45) is 5.92 Å². The molecule has 0 unspecified atom stereocenters. The van der Waals surface area contributed by atoms with E-state index in [4.69, 9.17) is 19.3 Å². The first-order valence-electron chi connectivity index (χ1n) is 20.7. The molecule has 0 bridgehead atoms. The van der Waals surface area contributed by atoms with Gasteiger partial charge in [-0.15, -0.1) is 0 Å². The standard InChI is InChI=1S/C40H79O8P/c1-4-5-6-7-8-9-21-25-28-31-34-40(42)48-38(36-47-49(43,44)45)35-46-39(41)33-30-27-24-22-19-17-15-13-11-10-12-14-16-18-20-23-26-29-32-37(2)3/h37-38H,4-36H2,1-3H3,(H2,43,44,45)/t38-/m1/s1. The van der Waals surface area contributed by atoms with E-state index in [1.165, 1.54) is 141 Å². The van der Waals surface area contributed by atoms with Crippen molar-refractivity contribution in [1.82, 2.24) is 0 Å². The fourth-order valence-electron chi connectivity index (χ4n) is 6.21. The zero-order valence-corrected chi connectivity index (χ0v) is 33.2. The predicted molar refractivity (Wildman–Crippen MR) is 202 cm³/mol. The van der Waals surface area contributed by atoms with E-state index >= 15 is 0 Å². The molecule has 0 spiro atoms. The molecule has 0 heterocycles. The molecule has 2 N–H and O–H groups in total. The first-order chi connectivity index (χ1) is 23.6. The molecule has 49 heavy (non-hydrogen) atoms. The van der Waals surface area contributed by atoms with Crippen molar-refractivity contribution >= 4 is 19.8 Å². The van der Waals surface area contributed by atoms with Gasteiger partial charge in [-0.25, -0.2) is 4.57 Å². The third-order valence-corrected chi connectivity index (χ3v) is 9.79. The average Bonchev–Trinajstić information content (AvgIpc) is 3.05. The average molecular weight is 719 g/mol. The summed E-state index contributed by atoms with van der Waals surface area (Å²) in [6.45, 7) is 6.05. The van der Waals surface area contributed by atoms with Crippen molar-refractivity contribution in [2.75, 3.05) is 13.2 Å². The Kier molecular flexibility index (Phi) is 34.8. The Hall–Kier alpha value is -0.950. The van der Waals surface area contributed by atoms with E-state index in [2.05, 4.69) is 25.3 Å². The molecule has 292 valence electrons. The molecule has 9 heteroatoms. The van der Waals surface area contributed by atoms with E-state index in [1.54, 1.807) is 0 Å². The van der Waals surface area contributed by atoms with Crippen LogP contribution in [0.4, 0.5) is 0 Å². The predicted octanol–water partition coefficient (Wildman–Crippen LogP) is 12.3. The van der Waals surface area contributed by atoms with Crippen LogP contribution in [0.5, 0.6) is 0 Å². The third kappa shape index (κ3) is 39.7. The van der Waals surface area contributed by atoms with Gasteiger partial charge in [0.25, 0.3) is 0 Å². The number of carbonyl (C=O) groups excluding carboxylic acids is 2. The molecule has 0 aromatic carbocycles. The minimum atomic E-state index is -4.74. The number of phosphoric acid groups is 1. The van der Waals surface area contributed by atoms with Crippen molar-refractivity contribution in [3.63, 3.8) is 0 Å². The summed E-state index contributed by atoms with van der Waals surface area (Å²) in [5.41, 5.74) is 0. The Bertz CT molecular complexity index is 784. The van der Waals surface area contributed by atoms with Crippen LogP contribution in [0.15, 0.2) is 0 Å². The first kappa shape index (κ1) is 48.0. The number of esters is 2. The lowest BCUT2D eigenvalue weighted by Gasteiger charge is -2.18. The Labute approximate surface area is 302 Å². The Morgan fingerprint density at radius 3 is 1.22 bits per heavy atom. The van der Waals surface area contributed by atoms with Gasteiger partial charge in [-0.3, -0.25) is 14.1 Å². The largest absolute Gasteiger partial charge is 0.469 e. The highest BCUT2D eigenvalue weighted by molar-refractivity contribution is 7.46. The highest BCUT2D eigenvalue weighted by atomic mass is 31.2. The molecule has 0 aliphatic rings. The van der Waals surface area contributed by atoms with Crippen LogP contribution >= 0.6 is 7.82 Å². The molecule has 0 fully saturated rings. The molecule has 0 aromatic rings. The highest BCUT2D eigenvalue weighted by Gasteiger charge is 2.22. The van der Waals surface area contributed by atoms with Gasteiger partial charge in [0.15, 0.2) is 6.10 Å². The van der Waals surface area contributed by atoms with Crippen molar-refractivity contribution < 1.29 is 37.9 Å². The lowest BCUT2D eigenvalue weighted by molar-refractivity contribution is -0.161. The molecule has 1 atom stereocenters. The summed E-state index contributed by atoms with van der Waals surface area (Å²) >= 11 is 0. The van der Waals surface area contributed by atoms with Gasteiger partial charge in [0.1, 0.15) is 6.61 Å². The fraction of sp³-hybridized carbons (Fsp3) is 0.950. The van der Waals surface area contributed by atoms with Crippen LogP contribution in [0.3, 0.4) is 0 Å². The number of rotatable bonds is 38. The normalized spacial score (nSPS) is 12.4. The molecule has 0 saturated heterocycles. The molecule has 0 saturated carbocycles. The van der Waals surface area contributed by atoms with Crippen molar-refractivity contribution in [3.05, 3.63) is 0 Å². The number of phosphoric ester groups is 1. The number of unbranched alkanes of at least 4 members (excludes halogenated alkanes) is 26. The van der Waals surface area contributed by atoms with E-state index in [1.807, 2.05) is 0 Å². The van der Waals surface area contributed by atoms with Crippen LogP contribution in [-0.2, 0) is 28.2 Å². The van der Waals surface area contributed by atoms with Gasteiger partial charge in [0.2, 0.25) is 0 Å². The molecule has 0 rings (SSSR count). The second-order valence-electron chi connectivity index (χ2n) is 14.8. The van der Waals surface area contributed by atoms with Gasteiger partial charge in [-0.05, 0) is 18.8 Å². The van der Waals surface area contributed by atoms with Crippen LogP contribution in [0.1, 0.15) is 220 Å². The molecule has 0 aliphatic carbocycles. The van der Waals surface area contributed by atoms with E-state index in [-0.39, 0.29) is 19.4 Å². The Morgan fingerprint density at radius 1 is 0.510 bits per heavy atom. The molecule has 0 amide bonds. The second-order valence-corrected chi connectivity index (χ2v) is 16.0. The van der Waals surface area contributed by atoms with E-state index in [0.717, 1.165) is 44.4 Å². The van der Waals surface area contributed by atoms with Gasteiger partial charge in [0, 0.05) is 12.8 Å². The van der Waals surface area contributed by atoms with Crippen LogP contribution in [0, 0.1) is 5.92 Å². The zero-order valence-electron chi connectivity index (χ0n) is 32.3. The van der Waals surface area contributed by atoms with E-state index in [0.29, 0.717) is 6.42 Å². The maximum atomic E-state index is 12.3. The number of carbonyl (C=O) groups is 2. The van der Waals surface area contributed by atoms with Crippen molar-refractivity contribution in [3.8, 4) is 0 Å². The lowest BCUT2D eigenvalue weighted by Crippen LogP contribution is -2.29. The van der Waals surface area contributed by atoms with E-state index < -0.39 is 32.5 Å². The third-order valence-electron chi connectivity index (χ3n) is 9.30. The molecular formula is C40H79O8P. The van der Waals surface area contributed by atoms with Gasteiger partial charge in [-0.1, -0.05) is 194 Å². The van der Waals surface area contributed by atoms with Crippen LogP contribution in [0.25, 0.3) is 0 Å². The SMILES string of the molecule is CCCCCCCCCCCCC(=O)O[C@H](COC(=O)CCCCCCCCCCCCCCCCCCCCC(C)C)COP(=O)(O)O. The van der Waals surface area contributed by atoms with Crippen molar-refractivity contribution in [1.29, 1.82) is 0 Å². The molecule has 0 radical (unpaired) electrons. The van der Waals surface area contributed by atoms with Crippen LogP contribution in [-0.4, -0.2) is 41.0 Å². The quantitative estimate of drug-likeness (QED) is 0.0368. The van der Waals surface area contributed by atoms with Gasteiger partial charge in [-0.2, -0.15) is 0 Å². The number of hydrogen-bond donors (Lipinski definition) is 2. The summed E-state index contributed by atoms with van der Waals surface area (Å²) in [4.78, 5) is 42.7. The summed E-state index contributed by atoms with van der Waals surface area (Å²) in [5, 5.41) is 0. The summed E-state index contributed by atoms with van der Waals surface area (Å²) in [5.74, 6) is -0.0214. The minimum absolute atomic E-state index is 0.218. The molecule has 0 aromatic heterocycles. The maximum absolute atomic E-state index is 12.3. The summed E-state index contributed by atoms with van der Waals surface area (Å²) in [6.07, 6.45) is 35.5. The summed E-state index contributed by atoms with van der Waals surface area (Å²) in [6, 6.07) is 0. The van der Waals surface area contributed by atoms with Crippen LogP contribution in [0.2, 0.25) is 0 Å². The Morgan fingerprint density at radius 2 is 0.857 bits per heavy atom. The van der Waals surface area contributed by atoms with Gasteiger partial charge >= 0.3 is 19.8 Å². The van der Waals surface area contributed by atoms with Gasteiger partial charge in [0.05, 0.1) is 6.61 Å². The lowest BCUT2D eigenvalue weighted by atomic mass is 10.0. The number of ether oxygens (including phenoxy) is 2. The minimum Gasteiger partial charge on any atom is -0.462 e. The summed E-state index contributed by atoms with van der Waals surface area (Å²) in [7, 11) is -4.74. The monoisotopic (exact) mass is 719 g/mol. The second kappa shape index (κ2) is 35.5. The smallest absolute Gasteiger partial charge is 0.462 e. The highest BCUT2D eigenvalue weighted by Crippen LogP contribution is 2.36. The fourth-order valence-corrected chi connectivity index (χ4v) is 6.57. The first-order valence-corrected chi connectivity index (χ1v) is 22.2. The van der Waals surface area contributed by atoms with Gasteiger partial charge < -0.3 is 19.3 Å². The van der Waals surface area contributed by atoms with Crippen LogP contribution < -0.4 is 0 Å².